The van der Waals surface area contributed by atoms with E-state index in [2.05, 4.69) is 5.32 Å². The lowest BCUT2D eigenvalue weighted by molar-refractivity contribution is -0.145. The van der Waals surface area contributed by atoms with Crippen LogP contribution in [0.15, 0.2) is 0 Å². The van der Waals surface area contributed by atoms with Crippen LogP contribution < -0.4 is 5.32 Å². The number of nitrogens with zero attached hydrogens (tertiary/aromatic N) is 2. The zero-order valence-corrected chi connectivity index (χ0v) is 12.6. The molecular weight excluding hydrogens is 318 g/mol. The van der Waals surface area contributed by atoms with E-state index in [0.717, 1.165) is 0 Å². The smallest absolute Gasteiger partial charge is 0.341 e. The molecule has 0 aromatic heterocycles. The summed E-state index contributed by atoms with van der Waals surface area (Å²) in [5.41, 5.74) is 0. The zero-order valence-electron chi connectivity index (χ0n) is 11.0. The Balaban J connectivity index is 0.00000180. The maximum absolute atomic E-state index is 12.3. The van der Waals surface area contributed by atoms with Gasteiger partial charge in [-0.3, -0.25) is 9.69 Å². The van der Waals surface area contributed by atoms with Gasteiger partial charge < -0.3 is 10.2 Å². The molecule has 2 aliphatic rings. The van der Waals surface area contributed by atoms with Crippen LogP contribution in [0.25, 0.3) is 0 Å². The average Bonchev–Trinajstić information content (AvgIpc) is 2.38. The summed E-state index contributed by atoms with van der Waals surface area (Å²) in [5, 5.41) is 3.03. The summed E-state index contributed by atoms with van der Waals surface area (Å²) < 4.78 is 36.9. The van der Waals surface area contributed by atoms with Gasteiger partial charge in [0.2, 0.25) is 5.91 Å². The molecule has 1 N–H and O–H groups in total. The van der Waals surface area contributed by atoms with Gasteiger partial charge in [-0.15, -0.1) is 24.8 Å². The maximum atomic E-state index is 12.3. The highest BCUT2D eigenvalue weighted by Crippen LogP contribution is 2.18. The highest BCUT2D eigenvalue weighted by molar-refractivity contribution is 5.85. The first-order valence-electron chi connectivity index (χ1n) is 6.24. The van der Waals surface area contributed by atoms with Gasteiger partial charge in [-0.2, -0.15) is 13.2 Å². The number of rotatable bonds is 2. The molecule has 0 saturated carbocycles. The van der Waals surface area contributed by atoms with Gasteiger partial charge in [-0.1, -0.05) is 0 Å². The van der Waals surface area contributed by atoms with E-state index in [4.69, 9.17) is 0 Å². The van der Waals surface area contributed by atoms with E-state index in [1.54, 1.807) is 4.90 Å². The molecule has 1 amide bonds. The summed E-state index contributed by atoms with van der Waals surface area (Å²) in [6.07, 6.45) is -3.54. The zero-order chi connectivity index (χ0) is 13.2. The van der Waals surface area contributed by atoms with E-state index in [9.17, 15) is 18.0 Å². The topological polar surface area (TPSA) is 35.6 Å². The van der Waals surface area contributed by atoms with E-state index < -0.39 is 12.7 Å². The van der Waals surface area contributed by atoms with Crippen LogP contribution in [0.1, 0.15) is 6.42 Å². The second kappa shape index (κ2) is 8.26. The molecule has 2 aliphatic heterocycles. The molecular formula is C11H20Cl2F3N3O. The monoisotopic (exact) mass is 337 g/mol. The van der Waals surface area contributed by atoms with E-state index in [0.29, 0.717) is 45.7 Å². The third-order valence-electron chi connectivity index (χ3n) is 3.43. The number of hydrogen-bond acceptors (Lipinski definition) is 3. The second-order valence-corrected chi connectivity index (χ2v) is 4.93. The van der Waals surface area contributed by atoms with Gasteiger partial charge in [0.05, 0.1) is 12.5 Å². The van der Waals surface area contributed by atoms with E-state index in [1.807, 2.05) is 0 Å². The van der Waals surface area contributed by atoms with E-state index in [1.165, 1.54) is 4.90 Å². The molecule has 0 aromatic rings. The molecule has 0 spiro atoms. The summed E-state index contributed by atoms with van der Waals surface area (Å²) in [7, 11) is 0. The summed E-state index contributed by atoms with van der Waals surface area (Å²) in [6, 6.07) is 0. The third kappa shape index (κ3) is 5.63. The van der Waals surface area contributed by atoms with Crippen molar-refractivity contribution in [2.45, 2.75) is 12.6 Å². The molecule has 0 aromatic carbocycles. The van der Waals surface area contributed by atoms with Crippen molar-refractivity contribution < 1.29 is 18.0 Å². The lowest BCUT2D eigenvalue weighted by atomic mass is 10.0. The SMILES string of the molecule is Cl.Cl.O=C(C1CNC1)N1CCCN(CC(F)(F)F)CC1. The standard InChI is InChI=1S/C11H18F3N3O.2ClH/c12-11(13,14)8-16-2-1-3-17(5-4-16)10(18)9-6-15-7-9;;/h9,15H,1-8H2;2*1H. The Kier molecular flexibility index (Phi) is 8.16. The highest BCUT2D eigenvalue weighted by atomic mass is 35.5. The largest absolute Gasteiger partial charge is 0.401 e. The van der Waals surface area contributed by atoms with Crippen molar-refractivity contribution in [3.05, 3.63) is 0 Å². The number of nitrogens with one attached hydrogen (secondary N) is 1. The van der Waals surface area contributed by atoms with Crippen molar-refractivity contribution in [2.24, 2.45) is 5.92 Å². The summed E-state index contributed by atoms with van der Waals surface area (Å²) >= 11 is 0. The van der Waals surface area contributed by atoms with Crippen LogP contribution in [0.2, 0.25) is 0 Å². The molecule has 0 radical (unpaired) electrons. The molecule has 2 fully saturated rings. The van der Waals surface area contributed by atoms with Gasteiger partial charge in [0, 0.05) is 39.3 Å². The van der Waals surface area contributed by atoms with Crippen LogP contribution in [0.5, 0.6) is 0 Å². The van der Waals surface area contributed by atoms with Gasteiger partial charge in [0.1, 0.15) is 0 Å². The van der Waals surface area contributed by atoms with Crippen molar-refractivity contribution in [1.82, 2.24) is 15.1 Å². The molecule has 2 saturated heterocycles. The lowest BCUT2D eigenvalue weighted by Crippen LogP contribution is -2.52. The third-order valence-corrected chi connectivity index (χ3v) is 3.43. The fraction of sp³-hybridized carbons (Fsp3) is 0.909. The van der Waals surface area contributed by atoms with E-state index >= 15 is 0 Å². The van der Waals surface area contributed by atoms with Crippen molar-refractivity contribution >= 4 is 30.7 Å². The number of halogens is 5. The molecule has 2 heterocycles. The average molecular weight is 338 g/mol. The van der Waals surface area contributed by atoms with Gasteiger partial charge in [-0.25, -0.2) is 0 Å². The molecule has 20 heavy (non-hydrogen) atoms. The van der Waals surface area contributed by atoms with Gasteiger partial charge >= 0.3 is 6.18 Å². The number of amides is 1. The molecule has 4 nitrogen and oxygen atoms in total. The predicted molar refractivity (Wildman–Crippen MR) is 74.5 cm³/mol. The van der Waals surface area contributed by atoms with Crippen molar-refractivity contribution in [2.75, 3.05) is 45.8 Å². The fourth-order valence-electron chi connectivity index (χ4n) is 2.32. The Hall–Kier alpha value is -0.240. The van der Waals surface area contributed by atoms with Gasteiger partial charge in [0.15, 0.2) is 0 Å². The highest BCUT2D eigenvalue weighted by Gasteiger charge is 2.33. The maximum Gasteiger partial charge on any atom is 0.401 e. The Morgan fingerprint density at radius 2 is 1.75 bits per heavy atom. The van der Waals surface area contributed by atoms with Crippen molar-refractivity contribution in [3.63, 3.8) is 0 Å². The van der Waals surface area contributed by atoms with Crippen molar-refractivity contribution in [1.29, 1.82) is 0 Å². The molecule has 0 unspecified atom stereocenters. The van der Waals surface area contributed by atoms with Crippen LogP contribution >= 0.6 is 24.8 Å². The van der Waals surface area contributed by atoms with Crippen molar-refractivity contribution in [3.8, 4) is 0 Å². The van der Waals surface area contributed by atoms with Gasteiger partial charge in [0.25, 0.3) is 0 Å². The molecule has 0 atom stereocenters. The lowest BCUT2D eigenvalue weighted by Gasteiger charge is -2.31. The molecule has 120 valence electrons. The predicted octanol–water partition coefficient (Wildman–Crippen LogP) is 1.15. The summed E-state index contributed by atoms with van der Waals surface area (Å²) in [5.74, 6) is 0.113. The summed E-state index contributed by atoms with van der Waals surface area (Å²) in [4.78, 5) is 15.1. The Labute approximate surface area is 128 Å². The Morgan fingerprint density at radius 3 is 2.25 bits per heavy atom. The van der Waals surface area contributed by atoms with Crippen LogP contribution in [0, 0.1) is 5.92 Å². The number of alkyl halides is 3. The first kappa shape index (κ1) is 19.8. The number of carbonyl (C=O) groups excluding carboxylic acids is 1. The minimum Gasteiger partial charge on any atom is -0.341 e. The Morgan fingerprint density at radius 1 is 1.10 bits per heavy atom. The minimum atomic E-state index is -4.16. The van der Waals surface area contributed by atoms with Crippen LogP contribution in [-0.4, -0.2) is 67.7 Å². The number of hydrogen-bond donors (Lipinski definition) is 1. The quantitative estimate of drug-likeness (QED) is 0.821. The molecule has 9 heteroatoms. The molecule has 0 bridgehead atoms. The van der Waals surface area contributed by atoms with Crippen LogP contribution in [0.4, 0.5) is 13.2 Å². The fourth-order valence-corrected chi connectivity index (χ4v) is 2.32. The minimum absolute atomic E-state index is 0. The summed E-state index contributed by atoms with van der Waals surface area (Å²) in [6.45, 7) is 2.22. The second-order valence-electron chi connectivity index (χ2n) is 4.93. The first-order chi connectivity index (χ1) is 8.46. The molecule has 2 rings (SSSR count). The van der Waals surface area contributed by atoms with Crippen LogP contribution in [0.3, 0.4) is 0 Å². The van der Waals surface area contributed by atoms with Gasteiger partial charge in [-0.05, 0) is 6.42 Å². The van der Waals surface area contributed by atoms with E-state index in [-0.39, 0.29) is 36.6 Å². The Bertz CT molecular complexity index is 314. The molecule has 0 aliphatic carbocycles. The number of carbonyl (C=O) groups is 1. The van der Waals surface area contributed by atoms with Crippen LogP contribution in [-0.2, 0) is 4.79 Å². The normalized spacial score (nSPS) is 21.2. The first-order valence-corrected chi connectivity index (χ1v) is 6.24.